The molecular formula is C19H16ClN3O2. The van der Waals surface area contributed by atoms with E-state index in [0.29, 0.717) is 27.5 Å². The first-order valence-corrected chi connectivity index (χ1v) is 7.99. The summed E-state index contributed by atoms with van der Waals surface area (Å²) in [4.78, 5) is 24.9. The summed E-state index contributed by atoms with van der Waals surface area (Å²) >= 11 is 6.07. The molecule has 3 rings (SSSR count). The van der Waals surface area contributed by atoms with E-state index in [0.717, 1.165) is 10.9 Å². The average molecular weight is 354 g/mol. The topological polar surface area (TPSA) is 67.3 Å². The van der Waals surface area contributed by atoms with Crippen molar-refractivity contribution >= 4 is 34.0 Å². The monoisotopic (exact) mass is 353 g/mol. The Morgan fingerprint density at radius 3 is 2.68 bits per heavy atom. The minimum absolute atomic E-state index is 0.163. The Hall–Kier alpha value is -2.92. The molecule has 0 radical (unpaired) electrons. The van der Waals surface area contributed by atoms with Gasteiger partial charge in [0.15, 0.2) is 5.76 Å². The molecule has 0 fully saturated rings. The van der Waals surface area contributed by atoms with Crippen LogP contribution in [0.3, 0.4) is 0 Å². The van der Waals surface area contributed by atoms with Gasteiger partial charge in [0.25, 0.3) is 5.56 Å². The SMILES string of the molecule is C=C(ON=C(C)C)c1c(-c2ccccc2)c2cc(Cl)ncc2[nH]c1=O. The number of benzene rings is 1. The summed E-state index contributed by atoms with van der Waals surface area (Å²) in [7, 11) is 0. The van der Waals surface area contributed by atoms with E-state index in [2.05, 4.69) is 21.7 Å². The van der Waals surface area contributed by atoms with Crippen LogP contribution < -0.4 is 5.56 Å². The number of pyridine rings is 2. The van der Waals surface area contributed by atoms with E-state index in [1.165, 1.54) is 6.20 Å². The predicted molar refractivity (Wildman–Crippen MR) is 102 cm³/mol. The van der Waals surface area contributed by atoms with Gasteiger partial charge in [0.05, 0.1) is 23.0 Å². The van der Waals surface area contributed by atoms with Crippen molar-refractivity contribution in [1.82, 2.24) is 9.97 Å². The van der Waals surface area contributed by atoms with E-state index in [9.17, 15) is 4.79 Å². The average Bonchev–Trinajstić information content (AvgIpc) is 2.59. The van der Waals surface area contributed by atoms with Crippen LogP contribution in [-0.2, 0) is 4.84 Å². The summed E-state index contributed by atoms with van der Waals surface area (Å²) in [6, 6.07) is 11.2. The molecule has 0 aliphatic rings. The highest BCUT2D eigenvalue weighted by atomic mass is 35.5. The molecule has 0 unspecified atom stereocenters. The number of H-pyrrole nitrogens is 1. The zero-order chi connectivity index (χ0) is 18.0. The Bertz CT molecular complexity index is 1040. The maximum Gasteiger partial charge on any atom is 0.260 e. The van der Waals surface area contributed by atoms with Crippen LogP contribution in [0.1, 0.15) is 19.4 Å². The van der Waals surface area contributed by atoms with Gasteiger partial charge in [-0.15, -0.1) is 0 Å². The lowest BCUT2D eigenvalue weighted by Gasteiger charge is -2.13. The van der Waals surface area contributed by atoms with Gasteiger partial charge in [-0.25, -0.2) is 4.98 Å². The van der Waals surface area contributed by atoms with E-state index in [-0.39, 0.29) is 11.3 Å². The lowest BCUT2D eigenvalue weighted by molar-refractivity contribution is 0.298. The molecule has 2 heterocycles. The van der Waals surface area contributed by atoms with E-state index < -0.39 is 0 Å². The second-order valence-electron chi connectivity index (χ2n) is 5.68. The first kappa shape index (κ1) is 16.9. The molecule has 1 aromatic carbocycles. The molecule has 0 saturated heterocycles. The lowest BCUT2D eigenvalue weighted by atomic mass is 9.96. The number of aromatic amines is 1. The van der Waals surface area contributed by atoms with Crippen molar-refractivity contribution < 1.29 is 4.84 Å². The Labute approximate surface area is 149 Å². The van der Waals surface area contributed by atoms with Crippen LogP contribution in [0.2, 0.25) is 5.15 Å². The van der Waals surface area contributed by atoms with Crippen molar-refractivity contribution in [3.8, 4) is 11.1 Å². The molecule has 0 atom stereocenters. The molecule has 0 aliphatic carbocycles. The quantitative estimate of drug-likeness (QED) is 0.322. The normalized spacial score (nSPS) is 10.5. The Balaban J connectivity index is 2.35. The van der Waals surface area contributed by atoms with Gasteiger partial charge in [0.1, 0.15) is 5.15 Å². The van der Waals surface area contributed by atoms with Gasteiger partial charge in [0, 0.05) is 10.9 Å². The molecule has 5 nitrogen and oxygen atoms in total. The van der Waals surface area contributed by atoms with Crippen LogP contribution in [-0.4, -0.2) is 15.7 Å². The number of nitrogens with one attached hydrogen (secondary N) is 1. The summed E-state index contributed by atoms with van der Waals surface area (Å²) in [5.74, 6) is 0.163. The number of fused-ring (bicyclic) bond motifs is 1. The number of aromatic nitrogens is 2. The van der Waals surface area contributed by atoms with E-state index >= 15 is 0 Å². The van der Waals surface area contributed by atoms with Crippen molar-refractivity contribution in [1.29, 1.82) is 0 Å². The maximum atomic E-state index is 12.7. The van der Waals surface area contributed by atoms with Gasteiger partial charge in [-0.3, -0.25) is 4.79 Å². The van der Waals surface area contributed by atoms with E-state index in [4.69, 9.17) is 16.4 Å². The highest BCUT2D eigenvalue weighted by Crippen LogP contribution is 2.33. The van der Waals surface area contributed by atoms with Crippen molar-refractivity contribution in [3.05, 3.63) is 70.2 Å². The second-order valence-corrected chi connectivity index (χ2v) is 6.06. The smallest absolute Gasteiger partial charge is 0.260 e. The van der Waals surface area contributed by atoms with Gasteiger partial charge in [-0.05, 0) is 25.5 Å². The van der Waals surface area contributed by atoms with Gasteiger partial charge in [0.2, 0.25) is 0 Å². The number of hydrogen-bond acceptors (Lipinski definition) is 4. The van der Waals surface area contributed by atoms with Gasteiger partial charge in [-0.1, -0.05) is 53.7 Å². The zero-order valence-corrected chi connectivity index (χ0v) is 14.6. The Morgan fingerprint density at radius 2 is 2.00 bits per heavy atom. The second kappa shape index (κ2) is 6.91. The summed E-state index contributed by atoms with van der Waals surface area (Å²) in [5.41, 5.74) is 2.80. The number of hydrogen-bond donors (Lipinski definition) is 1. The van der Waals surface area contributed by atoms with Crippen LogP contribution in [0, 0.1) is 0 Å². The molecule has 0 bridgehead atoms. The molecule has 126 valence electrons. The lowest BCUT2D eigenvalue weighted by Crippen LogP contribution is -2.14. The fraction of sp³-hybridized carbons (Fsp3) is 0.105. The zero-order valence-electron chi connectivity index (χ0n) is 13.8. The summed E-state index contributed by atoms with van der Waals surface area (Å²) < 4.78 is 0. The van der Waals surface area contributed by atoms with Crippen LogP contribution in [0.4, 0.5) is 0 Å². The first-order chi connectivity index (χ1) is 12.0. The van der Waals surface area contributed by atoms with Crippen LogP contribution in [0.5, 0.6) is 0 Å². The number of rotatable bonds is 4. The molecule has 6 heteroatoms. The van der Waals surface area contributed by atoms with E-state index in [1.807, 2.05) is 30.3 Å². The minimum Gasteiger partial charge on any atom is -0.357 e. The van der Waals surface area contributed by atoms with Crippen LogP contribution in [0.15, 0.2) is 59.1 Å². The number of oxime groups is 1. The first-order valence-electron chi connectivity index (χ1n) is 7.62. The molecule has 0 spiro atoms. The predicted octanol–water partition coefficient (Wildman–Crippen LogP) is 4.63. The van der Waals surface area contributed by atoms with Crippen LogP contribution in [0.25, 0.3) is 27.8 Å². The third kappa shape index (κ3) is 3.46. The van der Waals surface area contributed by atoms with Crippen molar-refractivity contribution in [2.75, 3.05) is 0 Å². The van der Waals surface area contributed by atoms with E-state index in [1.54, 1.807) is 19.9 Å². The standard InChI is InChI=1S/C19H16ClN3O2/c1-11(2)23-25-12(3)17-18(13-7-5-4-6-8-13)14-9-16(20)21-10-15(14)22-19(17)24/h4-10H,3H2,1-2H3,(H,22,24). The van der Waals surface area contributed by atoms with Crippen molar-refractivity contribution in [2.45, 2.75) is 13.8 Å². The Morgan fingerprint density at radius 1 is 1.28 bits per heavy atom. The molecule has 1 N–H and O–H groups in total. The molecule has 0 saturated carbocycles. The molecule has 2 aromatic heterocycles. The molecule has 3 aromatic rings. The minimum atomic E-state index is -0.329. The Kier molecular flexibility index (Phi) is 4.67. The summed E-state index contributed by atoms with van der Waals surface area (Å²) in [5, 5.41) is 4.98. The van der Waals surface area contributed by atoms with Gasteiger partial charge < -0.3 is 9.82 Å². The van der Waals surface area contributed by atoms with Crippen molar-refractivity contribution in [3.63, 3.8) is 0 Å². The molecule has 25 heavy (non-hydrogen) atoms. The molecule has 0 amide bonds. The molecular weight excluding hydrogens is 338 g/mol. The highest BCUT2D eigenvalue weighted by Gasteiger charge is 2.19. The van der Waals surface area contributed by atoms with Gasteiger partial charge in [-0.2, -0.15) is 0 Å². The maximum absolute atomic E-state index is 12.7. The van der Waals surface area contributed by atoms with Crippen molar-refractivity contribution in [2.24, 2.45) is 5.16 Å². The van der Waals surface area contributed by atoms with Crippen LogP contribution >= 0.6 is 11.6 Å². The largest absolute Gasteiger partial charge is 0.357 e. The third-order valence-electron chi connectivity index (χ3n) is 3.54. The third-order valence-corrected chi connectivity index (χ3v) is 3.75. The fourth-order valence-corrected chi connectivity index (χ4v) is 2.69. The highest BCUT2D eigenvalue weighted by molar-refractivity contribution is 6.30. The fourth-order valence-electron chi connectivity index (χ4n) is 2.53. The summed E-state index contributed by atoms with van der Waals surface area (Å²) in [6.07, 6.45) is 1.53. The number of halogens is 1. The molecule has 0 aliphatic heterocycles. The van der Waals surface area contributed by atoms with Gasteiger partial charge >= 0.3 is 0 Å². The number of nitrogens with zero attached hydrogens (tertiary/aromatic N) is 2. The summed E-state index contributed by atoms with van der Waals surface area (Å²) in [6.45, 7) is 7.46.